The van der Waals surface area contributed by atoms with Crippen molar-refractivity contribution in [2.75, 3.05) is 18.0 Å². The largest absolute Gasteiger partial charge is 0.419 e. The fourth-order valence-corrected chi connectivity index (χ4v) is 4.02. The number of carbonyl (C=O) groups excluding carboxylic acids is 1. The summed E-state index contributed by atoms with van der Waals surface area (Å²) in [6, 6.07) is 4.75. The maximum absolute atomic E-state index is 12.6. The Balaban J connectivity index is 1.71. The zero-order valence-corrected chi connectivity index (χ0v) is 15.5. The van der Waals surface area contributed by atoms with Gasteiger partial charge in [0, 0.05) is 31.0 Å². The lowest BCUT2D eigenvalue weighted by Crippen LogP contribution is -2.34. The van der Waals surface area contributed by atoms with Crippen LogP contribution < -0.4 is 4.90 Å². The number of hydrogen-bond donors (Lipinski definition) is 0. The average molecular weight is 351 g/mol. The van der Waals surface area contributed by atoms with Crippen LogP contribution >= 0.6 is 0 Å². The molecule has 0 saturated carbocycles. The molecule has 0 atom stereocenters. The Morgan fingerprint density at radius 1 is 1.19 bits per heavy atom. The van der Waals surface area contributed by atoms with Gasteiger partial charge in [0.05, 0.1) is 0 Å². The van der Waals surface area contributed by atoms with E-state index in [4.69, 9.17) is 4.74 Å². The number of rotatable bonds is 3. The third-order valence-electron chi connectivity index (χ3n) is 5.04. The number of anilines is 1. The summed E-state index contributed by atoms with van der Waals surface area (Å²) in [7, 11) is 0. The number of carbonyl (C=O) groups is 1. The van der Waals surface area contributed by atoms with Gasteiger partial charge >= 0.3 is 11.9 Å². The van der Waals surface area contributed by atoms with E-state index in [1.165, 1.54) is 40.8 Å². The summed E-state index contributed by atoms with van der Waals surface area (Å²) in [5.41, 5.74) is 5.24. The Labute approximate surface area is 154 Å². The topological polar surface area (TPSA) is 45.1 Å². The molecule has 1 aromatic carbocycles. The highest BCUT2D eigenvalue weighted by Gasteiger charge is 2.33. The number of hydrogen-bond acceptors (Lipinski definition) is 4. The van der Waals surface area contributed by atoms with Gasteiger partial charge in [-0.3, -0.25) is 4.79 Å². The van der Waals surface area contributed by atoms with Gasteiger partial charge in [0.2, 0.25) is 0 Å². The number of benzene rings is 1. The van der Waals surface area contributed by atoms with Crippen LogP contribution in [0, 0.1) is 0 Å². The van der Waals surface area contributed by atoms with Crippen LogP contribution in [0.25, 0.3) is 6.08 Å². The van der Waals surface area contributed by atoms with Crippen LogP contribution in [0.15, 0.2) is 35.7 Å². The Morgan fingerprint density at radius 2 is 1.85 bits per heavy atom. The fraction of sp³-hybridized carbons (Fsp3) is 0.429. The first-order valence-electron chi connectivity index (χ1n) is 9.41. The zero-order chi connectivity index (χ0) is 18.3. The van der Waals surface area contributed by atoms with Crippen molar-refractivity contribution in [2.45, 2.75) is 45.6 Å². The van der Waals surface area contributed by atoms with Crippen molar-refractivity contribution in [3.63, 3.8) is 0 Å². The number of amidine groups is 1. The summed E-state index contributed by atoms with van der Waals surface area (Å²) in [6.07, 6.45) is 7.88. The average Bonchev–Trinajstić information content (AvgIpc) is 2.89. The highest BCUT2D eigenvalue weighted by Crippen LogP contribution is 2.36. The first-order chi connectivity index (χ1) is 12.6. The monoisotopic (exact) mass is 351 g/mol. The summed E-state index contributed by atoms with van der Waals surface area (Å²) < 4.78 is 5.75. The smallest absolute Gasteiger partial charge is 0.304 e. The number of aryl methyl sites for hydroxylation is 2. The normalized spacial score (nSPS) is 22.2. The summed E-state index contributed by atoms with van der Waals surface area (Å²) in [5.74, 6) is 0.0901. The molecule has 0 N–H and O–H groups in total. The Hall–Kier alpha value is -2.56. The Morgan fingerprint density at radius 3 is 2.42 bits per heavy atom. The molecule has 0 aromatic heterocycles. The van der Waals surface area contributed by atoms with Crippen LogP contribution in [-0.4, -0.2) is 36.0 Å². The molecular weight excluding hydrogens is 326 g/mol. The van der Waals surface area contributed by atoms with E-state index in [-0.39, 0.29) is 11.9 Å². The molecule has 0 unspecified atom stereocenters. The van der Waals surface area contributed by atoms with Crippen molar-refractivity contribution in [1.82, 2.24) is 4.90 Å². The predicted molar refractivity (Wildman–Crippen MR) is 104 cm³/mol. The standard InChI is InChI=1S/C21H25N3O2/c1-4-24-20(25)18(26-21(24)22-14(2)3)13-15-11-16-7-5-9-23-10-6-8-17(12-15)19(16)23/h4,11-14H,1,5-10H2,2-3H3/b18-13+,22-21?. The molecule has 1 amide bonds. The van der Waals surface area contributed by atoms with Crippen LogP contribution in [0.3, 0.4) is 0 Å². The highest BCUT2D eigenvalue weighted by atomic mass is 16.5. The van der Waals surface area contributed by atoms with Crippen molar-refractivity contribution in [3.05, 3.63) is 47.4 Å². The van der Waals surface area contributed by atoms with E-state index < -0.39 is 0 Å². The van der Waals surface area contributed by atoms with Crippen molar-refractivity contribution in [2.24, 2.45) is 4.99 Å². The predicted octanol–water partition coefficient (Wildman–Crippen LogP) is 3.49. The van der Waals surface area contributed by atoms with E-state index in [0.717, 1.165) is 31.5 Å². The molecule has 5 nitrogen and oxygen atoms in total. The zero-order valence-electron chi connectivity index (χ0n) is 15.5. The molecular formula is C21H25N3O2. The molecule has 26 heavy (non-hydrogen) atoms. The minimum Gasteiger partial charge on any atom is -0.419 e. The fourth-order valence-electron chi connectivity index (χ4n) is 4.02. The number of nitrogens with zero attached hydrogens (tertiary/aromatic N) is 3. The quantitative estimate of drug-likeness (QED) is 0.783. The van der Waals surface area contributed by atoms with Gasteiger partial charge in [0.15, 0.2) is 5.76 Å². The van der Waals surface area contributed by atoms with Gasteiger partial charge in [0.1, 0.15) is 0 Å². The maximum atomic E-state index is 12.6. The SMILES string of the molecule is C=CN1C(=O)/C(=C\c2cc3c4c(c2)CCCN4CCC3)OC1=NC(C)C. The molecule has 0 radical (unpaired) electrons. The highest BCUT2D eigenvalue weighted by molar-refractivity contribution is 6.12. The lowest BCUT2D eigenvalue weighted by Gasteiger charge is -2.37. The second-order valence-electron chi connectivity index (χ2n) is 7.36. The second-order valence-corrected chi connectivity index (χ2v) is 7.36. The summed E-state index contributed by atoms with van der Waals surface area (Å²) in [6.45, 7) is 9.92. The number of amides is 1. The third kappa shape index (κ3) is 2.91. The molecule has 3 aliphatic heterocycles. The van der Waals surface area contributed by atoms with Crippen LogP contribution in [0.5, 0.6) is 0 Å². The molecule has 0 aliphatic carbocycles. The van der Waals surface area contributed by atoms with Crippen molar-refractivity contribution < 1.29 is 9.53 Å². The first-order valence-corrected chi connectivity index (χ1v) is 9.41. The van der Waals surface area contributed by atoms with Gasteiger partial charge in [0.25, 0.3) is 0 Å². The minimum atomic E-state index is -0.215. The molecule has 1 saturated heterocycles. The van der Waals surface area contributed by atoms with Gasteiger partial charge in [-0.2, -0.15) is 0 Å². The molecule has 1 aromatic rings. The van der Waals surface area contributed by atoms with E-state index in [1.807, 2.05) is 19.9 Å². The number of aliphatic imine (C=N–C) groups is 1. The van der Waals surface area contributed by atoms with Gasteiger partial charge < -0.3 is 9.64 Å². The molecule has 5 heteroatoms. The number of ether oxygens (including phenoxy) is 1. The van der Waals surface area contributed by atoms with Gasteiger partial charge in [-0.15, -0.1) is 0 Å². The maximum Gasteiger partial charge on any atom is 0.304 e. The van der Waals surface area contributed by atoms with Crippen LogP contribution in [0.4, 0.5) is 5.69 Å². The molecule has 4 rings (SSSR count). The van der Waals surface area contributed by atoms with Gasteiger partial charge in [-0.25, -0.2) is 9.89 Å². The van der Waals surface area contributed by atoms with Crippen molar-refractivity contribution >= 4 is 23.7 Å². The summed E-state index contributed by atoms with van der Waals surface area (Å²) in [5, 5.41) is 0. The Kier molecular flexibility index (Phi) is 4.31. The lowest BCUT2D eigenvalue weighted by atomic mass is 9.90. The molecule has 1 fully saturated rings. The second kappa shape index (κ2) is 6.63. The van der Waals surface area contributed by atoms with Crippen LogP contribution in [0.1, 0.15) is 43.4 Å². The van der Waals surface area contributed by atoms with Crippen LogP contribution in [0.2, 0.25) is 0 Å². The first kappa shape index (κ1) is 16.9. The molecule has 0 spiro atoms. The molecule has 136 valence electrons. The molecule has 0 bridgehead atoms. The summed E-state index contributed by atoms with van der Waals surface area (Å²) >= 11 is 0. The van der Waals surface area contributed by atoms with Crippen molar-refractivity contribution in [3.8, 4) is 0 Å². The van der Waals surface area contributed by atoms with E-state index in [0.29, 0.717) is 11.8 Å². The van der Waals surface area contributed by atoms with Crippen LogP contribution in [-0.2, 0) is 22.4 Å². The molecule has 3 heterocycles. The van der Waals surface area contributed by atoms with Gasteiger partial charge in [-0.05, 0) is 74.4 Å². The van der Waals surface area contributed by atoms with E-state index >= 15 is 0 Å². The third-order valence-corrected chi connectivity index (χ3v) is 5.04. The molecule has 3 aliphatic rings. The summed E-state index contributed by atoms with van der Waals surface area (Å²) in [4.78, 5) is 20.9. The lowest BCUT2D eigenvalue weighted by molar-refractivity contribution is -0.121. The van der Waals surface area contributed by atoms with Crippen molar-refractivity contribution in [1.29, 1.82) is 0 Å². The van der Waals surface area contributed by atoms with Gasteiger partial charge in [-0.1, -0.05) is 6.58 Å². The van der Waals surface area contributed by atoms with E-state index in [1.54, 1.807) is 0 Å². The Bertz CT molecular complexity index is 792. The minimum absolute atomic E-state index is 0.0405. The van der Waals surface area contributed by atoms with E-state index in [2.05, 4.69) is 28.6 Å². The van der Waals surface area contributed by atoms with E-state index in [9.17, 15) is 4.79 Å².